The van der Waals surface area contributed by atoms with Gasteiger partial charge in [0.05, 0.1) is 37.3 Å². The molecule has 3 N–H and O–H groups in total. The molecule has 4 rings (SSSR count). The Morgan fingerprint density at radius 2 is 2.00 bits per heavy atom. The van der Waals surface area contributed by atoms with E-state index in [0.29, 0.717) is 55.6 Å². The molecule has 2 aliphatic rings. The Balaban J connectivity index is 1.84. The topological polar surface area (TPSA) is 119 Å². The highest BCUT2D eigenvalue weighted by atomic mass is 32.2. The molecule has 1 aromatic carbocycles. The summed E-state index contributed by atoms with van der Waals surface area (Å²) in [7, 11) is -3.52. The predicted molar refractivity (Wildman–Crippen MR) is 111 cm³/mol. The van der Waals surface area contributed by atoms with Crippen LogP contribution in [0.2, 0.25) is 0 Å². The molecule has 0 bridgehead atoms. The van der Waals surface area contributed by atoms with E-state index in [1.807, 2.05) is 12.1 Å². The van der Waals surface area contributed by atoms with E-state index in [1.54, 1.807) is 18.2 Å². The Hall–Kier alpha value is -2.23. The van der Waals surface area contributed by atoms with Crippen LogP contribution < -0.4 is 10.6 Å². The van der Waals surface area contributed by atoms with Gasteiger partial charge in [0.2, 0.25) is 0 Å². The van der Waals surface area contributed by atoms with Crippen LogP contribution in [0.4, 0.5) is 11.5 Å². The van der Waals surface area contributed by atoms with Crippen LogP contribution >= 0.6 is 0 Å². The standard InChI is InChI=1S/C20H26N4O4S/c1-14-13-28-10-8-24(14)18-12-17(20(6-7-20)29(26,27)11-9-25)22-19(23-18)15-2-4-16(21)5-3-15/h2-5,12,14,25H,6-11,13,21H2,1H3/t14-/m0/s1. The molecular weight excluding hydrogens is 392 g/mol. The number of nitrogen functional groups attached to an aromatic ring is 1. The minimum absolute atomic E-state index is 0.120. The number of anilines is 2. The lowest BCUT2D eigenvalue weighted by molar-refractivity contribution is 0.0985. The summed E-state index contributed by atoms with van der Waals surface area (Å²) in [6.07, 6.45) is 1.01. The average molecular weight is 419 g/mol. The van der Waals surface area contributed by atoms with Crippen molar-refractivity contribution < 1.29 is 18.3 Å². The summed E-state index contributed by atoms with van der Waals surface area (Å²) in [4.78, 5) is 11.5. The van der Waals surface area contributed by atoms with Gasteiger partial charge in [-0.05, 0) is 44.0 Å². The van der Waals surface area contributed by atoms with Crippen molar-refractivity contribution in [3.05, 3.63) is 36.0 Å². The van der Waals surface area contributed by atoms with Gasteiger partial charge >= 0.3 is 0 Å². The number of nitrogens with zero attached hydrogens (tertiary/aromatic N) is 3. The maximum atomic E-state index is 12.9. The van der Waals surface area contributed by atoms with Gasteiger partial charge in [0.15, 0.2) is 15.7 Å². The minimum Gasteiger partial charge on any atom is -0.399 e. The largest absolute Gasteiger partial charge is 0.399 e. The summed E-state index contributed by atoms with van der Waals surface area (Å²) < 4.78 is 30.3. The Morgan fingerprint density at radius 3 is 2.62 bits per heavy atom. The molecule has 1 atom stereocenters. The zero-order valence-electron chi connectivity index (χ0n) is 16.4. The van der Waals surface area contributed by atoms with E-state index < -0.39 is 21.2 Å². The van der Waals surface area contributed by atoms with Crippen molar-refractivity contribution in [2.75, 3.05) is 42.8 Å². The quantitative estimate of drug-likeness (QED) is 0.675. The number of aliphatic hydroxyl groups excluding tert-OH is 1. The van der Waals surface area contributed by atoms with Crippen molar-refractivity contribution in [3.8, 4) is 11.4 Å². The summed E-state index contributed by atoms with van der Waals surface area (Å²) in [5.74, 6) is 0.905. The van der Waals surface area contributed by atoms with E-state index in [9.17, 15) is 13.5 Å². The van der Waals surface area contributed by atoms with Crippen LogP contribution in [0.15, 0.2) is 30.3 Å². The average Bonchev–Trinajstić information content (AvgIpc) is 3.51. The zero-order valence-corrected chi connectivity index (χ0v) is 17.2. The monoisotopic (exact) mass is 418 g/mol. The second kappa shape index (κ2) is 7.55. The highest BCUT2D eigenvalue weighted by molar-refractivity contribution is 7.92. The van der Waals surface area contributed by atoms with E-state index >= 15 is 0 Å². The molecule has 1 saturated carbocycles. The van der Waals surface area contributed by atoms with Gasteiger partial charge in [-0.3, -0.25) is 0 Å². The third-order valence-electron chi connectivity index (χ3n) is 5.67. The van der Waals surface area contributed by atoms with Gasteiger partial charge in [-0.25, -0.2) is 18.4 Å². The van der Waals surface area contributed by atoms with Gasteiger partial charge < -0.3 is 20.5 Å². The number of nitrogens with two attached hydrogens (primary N) is 1. The molecule has 156 valence electrons. The van der Waals surface area contributed by atoms with Gasteiger partial charge in [-0.1, -0.05) is 0 Å². The van der Waals surface area contributed by atoms with Crippen LogP contribution in [0, 0.1) is 0 Å². The van der Waals surface area contributed by atoms with E-state index in [0.717, 1.165) is 5.56 Å². The number of rotatable bonds is 6. The first-order valence-electron chi connectivity index (χ1n) is 9.79. The Kier molecular flexibility index (Phi) is 5.22. The van der Waals surface area contributed by atoms with Crippen LogP contribution in [0.3, 0.4) is 0 Å². The van der Waals surface area contributed by atoms with Gasteiger partial charge in [0.25, 0.3) is 0 Å². The van der Waals surface area contributed by atoms with Gasteiger partial charge in [-0.15, -0.1) is 0 Å². The first-order chi connectivity index (χ1) is 13.9. The Morgan fingerprint density at radius 1 is 1.28 bits per heavy atom. The van der Waals surface area contributed by atoms with E-state index in [4.69, 9.17) is 15.5 Å². The number of sulfone groups is 1. The van der Waals surface area contributed by atoms with Crippen LogP contribution in [-0.2, 0) is 19.3 Å². The molecule has 2 fully saturated rings. The predicted octanol–water partition coefficient (Wildman–Crippen LogP) is 1.35. The molecule has 2 heterocycles. The number of ether oxygens (including phenoxy) is 1. The zero-order chi connectivity index (χ0) is 20.6. The summed E-state index contributed by atoms with van der Waals surface area (Å²) in [5, 5.41) is 9.25. The molecule has 0 spiro atoms. The van der Waals surface area contributed by atoms with Crippen molar-refractivity contribution in [1.29, 1.82) is 0 Å². The highest BCUT2D eigenvalue weighted by Gasteiger charge is 2.56. The van der Waals surface area contributed by atoms with Gasteiger partial charge in [-0.2, -0.15) is 0 Å². The van der Waals surface area contributed by atoms with Gasteiger partial charge in [0, 0.05) is 23.9 Å². The smallest absolute Gasteiger partial charge is 0.163 e. The van der Waals surface area contributed by atoms with Crippen LogP contribution in [0.1, 0.15) is 25.5 Å². The van der Waals surface area contributed by atoms with Crippen molar-refractivity contribution in [3.63, 3.8) is 0 Å². The third kappa shape index (κ3) is 3.70. The second-order valence-corrected chi connectivity index (χ2v) is 10.1. The molecule has 1 aromatic heterocycles. The fourth-order valence-electron chi connectivity index (χ4n) is 3.80. The number of aromatic nitrogens is 2. The number of benzene rings is 1. The number of hydrogen-bond donors (Lipinski definition) is 2. The maximum Gasteiger partial charge on any atom is 0.163 e. The van der Waals surface area contributed by atoms with Gasteiger partial charge in [0.1, 0.15) is 10.6 Å². The summed E-state index contributed by atoms with van der Waals surface area (Å²) >= 11 is 0. The highest BCUT2D eigenvalue weighted by Crippen LogP contribution is 2.53. The fraction of sp³-hybridized carbons (Fsp3) is 0.500. The van der Waals surface area contributed by atoms with Crippen LogP contribution in [-0.4, -0.2) is 61.7 Å². The van der Waals surface area contributed by atoms with Crippen molar-refractivity contribution in [2.45, 2.75) is 30.6 Å². The summed E-state index contributed by atoms with van der Waals surface area (Å²) in [5.41, 5.74) is 7.72. The lowest BCUT2D eigenvalue weighted by atomic mass is 10.1. The third-order valence-corrected chi connectivity index (χ3v) is 8.20. The molecule has 29 heavy (non-hydrogen) atoms. The van der Waals surface area contributed by atoms with Crippen molar-refractivity contribution in [1.82, 2.24) is 9.97 Å². The molecular formula is C20H26N4O4S. The second-order valence-electron chi connectivity index (χ2n) is 7.71. The summed E-state index contributed by atoms with van der Waals surface area (Å²) in [6, 6.07) is 9.14. The molecule has 0 unspecified atom stereocenters. The molecule has 1 aliphatic carbocycles. The number of hydrogen-bond acceptors (Lipinski definition) is 8. The SMILES string of the molecule is C[C@H]1COCCN1c1cc(C2(S(=O)(=O)CCO)CC2)nc(-c2ccc(N)cc2)n1. The normalized spacial score (nSPS) is 21.2. The molecule has 2 aromatic rings. The number of morpholine rings is 1. The van der Waals surface area contributed by atoms with Crippen molar-refractivity contribution in [2.24, 2.45) is 0 Å². The maximum absolute atomic E-state index is 12.9. The first kappa shape index (κ1) is 20.1. The fourth-order valence-corrected chi connectivity index (χ4v) is 5.58. The van der Waals surface area contributed by atoms with Crippen LogP contribution in [0.25, 0.3) is 11.4 Å². The Bertz CT molecular complexity index is 990. The molecule has 0 amide bonds. The van der Waals surface area contributed by atoms with Crippen LogP contribution in [0.5, 0.6) is 0 Å². The summed E-state index contributed by atoms with van der Waals surface area (Å²) in [6.45, 7) is 3.51. The van der Waals surface area contributed by atoms with E-state index in [1.165, 1.54) is 0 Å². The molecule has 9 heteroatoms. The Labute approximate surface area is 170 Å². The molecule has 1 aliphatic heterocycles. The van der Waals surface area contributed by atoms with E-state index in [-0.39, 0.29) is 11.8 Å². The lowest BCUT2D eigenvalue weighted by Crippen LogP contribution is -2.44. The minimum atomic E-state index is -3.52. The van der Waals surface area contributed by atoms with E-state index in [2.05, 4.69) is 16.8 Å². The number of aliphatic hydroxyl groups is 1. The molecule has 8 nitrogen and oxygen atoms in total. The van der Waals surface area contributed by atoms with Crippen molar-refractivity contribution >= 4 is 21.3 Å². The molecule has 1 saturated heterocycles. The first-order valence-corrected chi connectivity index (χ1v) is 11.4. The lowest BCUT2D eigenvalue weighted by Gasteiger charge is -2.34. The molecule has 0 radical (unpaired) electrons.